The maximum Gasteiger partial charge on any atom is 0.223 e. The summed E-state index contributed by atoms with van der Waals surface area (Å²) in [6.45, 7) is 2.73. The van der Waals surface area contributed by atoms with Crippen LogP contribution in [-0.2, 0) is 11.3 Å². The van der Waals surface area contributed by atoms with Gasteiger partial charge in [-0.15, -0.1) is 0 Å². The summed E-state index contributed by atoms with van der Waals surface area (Å²) in [4.78, 5) is 11.6. The zero-order valence-electron chi connectivity index (χ0n) is 8.66. The number of benzene rings is 1. The van der Waals surface area contributed by atoms with Crippen LogP contribution in [0, 0.1) is 11.8 Å². The number of hydrogen-bond donors (Lipinski definition) is 1. The molecule has 1 fully saturated rings. The van der Waals surface area contributed by atoms with Crippen LogP contribution in [0.1, 0.15) is 18.9 Å². The highest BCUT2D eigenvalue weighted by molar-refractivity contribution is 9.10. The maximum absolute atomic E-state index is 11.6. The van der Waals surface area contributed by atoms with Gasteiger partial charge in [0.15, 0.2) is 0 Å². The van der Waals surface area contributed by atoms with Crippen molar-refractivity contribution >= 4 is 21.8 Å². The van der Waals surface area contributed by atoms with Gasteiger partial charge in [0.05, 0.1) is 0 Å². The van der Waals surface area contributed by atoms with E-state index in [0.29, 0.717) is 12.5 Å². The number of rotatable bonds is 3. The Bertz CT molecular complexity index is 378. The first-order valence-electron chi connectivity index (χ1n) is 5.19. The maximum atomic E-state index is 11.6. The fourth-order valence-electron chi connectivity index (χ4n) is 1.64. The van der Waals surface area contributed by atoms with Crippen molar-refractivity contribution in [2.45, 2.75) is 19.9 Å². The topological polar surface area (TPSA) is 29.1 Å². The molecule has 0 aromatic heterocycles. The highest BCUT2D eigenvalue weighted by Crippen LogP contribution is 2.37. The van der Waals surface area contributed by atoms with E-state index in [0.717, 1.165) is 16.5 Å². The summed E-state index contributed by atoms with van der Waals surface area (Å²) < 4.78 is 1.05. The predicted molar refractivity (Wildman–Crippen MR) is 63.3 cm³/mol. The Morgan fingerprint density at radius 1 is 1.53 bits per heavy atom. The average Bonchev–Trinajstić information content (AvgIpc) is 2.94. The van der Waals surface area contributed by atoms with Crippen LogP contribution in [0.4, 0.5) is 0 Å². The second-order valence-electron chi connectivity index (χ2n) is 4.13. The highest BCUT2D eigenvalue weighted by Gasteiger charge is 2.38. The van der Waals surface area contributed by atoms with Gasteiger partial charge in [-0.05, 0) is 24.0 Å². The van der Waals surface area contributed by atoms with E-state index in [2.05, 4.69) is 28.2 Å². The molecule has 1 N–H and O–H groups in total. The predicted octanol–water partition coefficient (Wildman–Crippen LogP) is 2.72. The Morgan fingerprint density at radius 2 is 2.20 bits per heavy atom. The molecular formula is C12H14BrNO. The molecular weight excluding hydrogens is 254 g/mol. The van der Waals surface area contributed by atoms with Crippen molar-refractivity contribution in [2.75, 3.05) is 0 Å². The monoisotopic (exact) mass is 267 g/mol. The van der Waals surface area contributed by atoms with Crippen molar-refractivity contribution in [3.63, 3.8) is 0 Å². The fraction of sp³-hybridized carbons (Fsp3) is 0.417. The van der Waals surface area contributed by atoms with E-state index < -0.39 is 0 Å². The van der Waals surface area contributed by atoms with Crippen LogP contribution in [-0.4, -0.2) is 5.91 Å². The highest BCUT2D eigenvalue weighted by atomic mass is 79.9. The van der Waals surface area contributed by atoms with Crippen molar-refractivity contribution < 1.29 is 4.79 Å². The lowest BCUT2D eigenvalue weighted by atomic mass is 10.2. The van der Waals surface area contributed by atoms with Gasteiger partial charge in [0.25, 0.3) is 0 Å². The van der Waals surface area contributed by atoms with Gasteiger partial charge >= 0.3 is 0 Å². The number of nitrogens with one attached hydrogen (secondary N) is 1. The summed E-state index contributed by atoms with van der Waals surface area (Å²) in [5, 5.41) is 2.96. The summed E-state index contributed by atoms with van der Waals surface area (Å²) in [5.74, 6) is 1.02. The van der Waals surface area contributed by atoms with Crippen molar-refractivity contribution in [2.24, 2.45) is 11.8 Å². The molecule has 0 radical (unpaired) electrons. The zero-order chi connectivity index (χ0) is 10.8. The van der Waals surface area contributed by atoms with E-state index in [1.807, 2.05) is 24.3 Å². The third-order valence-electron chi connectivity index (χ3n) is 2.86. The van der Waals surface area contributed by atoms with Crippen LogP contribution in [0.2, 0.25) is 0 Å². The second kappa shape index (κ2) is 4.35. The zero-order valence-corrected chi connectivity index (χ0v) is 10.3. The van der Waals surface area contributed by atoms with Crippen molar-refractivity contribution in [3.8, 4) is 0 Å². The van der Waals surface area contributed by atoms with Gasteiger partial charge in [0.1, 0.15) is 0 Å². The molecule has 0 spiro atoms. The Labute approximate surface area is 98.2 Å². The first-order valence-corrected chi connectivity index (χ1v) is 5.99. The van der Waals surface area contributed by atoms with Gasteiger partial charge in [-0.25, -0.2) is 0 Å². The number of halogens is 1. The minimum atomic E-state index is 0.193. The van der Waals surface area contributed by atoms with Crippen molar-refractivity contribution in [3.05, 3.63) is 34.3 Å². The average molecular weight is 268 g/mol. The normalized spacial score (nSPS) is 23.6. The molecule has 0 saturated heterocycles. The van der Waals surface area contributed by atoms with Crippen LogP contribution in [0.5, 0.6) is 0 Å². The summed E-state index contributed by atoms with van der Waals surface area (Å²) in [6.07, 6.45) is 1.04. The van der Waals surface area contributed by atoms with Gasteiger partial charge in [-0.3, -0.25) is 4.79 Å². The third kappa shape index (κ3) is 2.59. The largest absolute Gasteiger partial charge is 0.352 e. The number of amides is 1. The molecule has 1 aromatic carbocycles. The second-order valence-corrected chi connectivity index (χ2v) is 4.98. The minimum absolute atomic E-state index is 0.193. The number of carbonyl (C=O) groups excluding carboxylic acids is 1. The molecule has 0 heterocycles. The molecule has 0 aliphatic heterocycles. The molecule has 1 amide bonds. The van der Waals surface area contributed by atoms with Crippen LogP contribution in [0.3, 0.4) is 0 Å². The standard InChI is InChI=1S/C12H14BrNO/c1-8-6-10(8)12(15)14-7-9-4-2-3-5-11(9)13/h2-5,8,10H,6-7H2,1H3,(H,14,15). The fourth-order valence-corrected chi connectivity index (χ4v) is 2.07. The molecule has 15 heavy (non-hydrogen) atoms. The minimum Gasteiger partial charge on any atom is -0.352 e. The molecule has 1 aromatic rings. The first kappa shape index (κ1) is 10.7. The molecule has 2 atom stereocenters. The molecule has 0 bridgehead atoms. The Morgan fingerprint density at radius 3 is 2.80 bits per heavy atom. The quantitative estimate of drug-likeness (QED) is 0.897. The van der Waals surface area contributed by atoms with Crippen molar-refractivity contribution in [1.82, 2.24) is 5.32 Å². The van der Waals surface area contributed by atoms with E-state index in [4.69, 9.17) is 0 Å². The van der Waals surface area contributed by atoms with Crippen molar-refractivity contribution in [1.29, 1.82) is 0 Å². The van der Waals surface area contributed by atoms with E-state index in [1.54, 1.807) is 0 Å². The molecule has 2 nitrogen and oxygen atoms in total. The third-order valence-corrected chi connectivity index (χ3v) is 3.63. The summed E-state index contributed by atoms with van der Waals surface area (Å²) in [5.41, 5.74) is 1.12. The van der Waals surface area contributed by atoms with Gasteiger partial charge in [-0.2, -0.15) is 0 Å². The summed E-state index contributed by atoms with van der Waals surface area (Å²) in [6, 6.07) is 7.95. The van der Waals surface area contributed by atoms with Gasteiger partial charge in [0, 0.05) is 16.9 Å². The Balaban J connectivity index is 1.88. The Hall–Kier alpha value is -0.830. The molecule has 80 valence electrons. The summed E-state index contributed by atoms with van der Waals surface area (Å²) >= 11 is 3.46. The van der Waals surface area contributed by atoms with E-state index in [1.165, 1.54) is 0 Å². The SMILES string of the molecule is CC1CC1C(=O)NCc1ccccc1Br. The van der Waals surface area contributed by atoms with Crippen LogP contribution in [0.15, 0.2) is 28.7 Å². The van der Waals surface area contributed by atoms with E-state index in [9.17, 15) is 4.79 Å². The summed E-state index contributed by atoms with van der Waals surface area (Å²) in [7, 11) is 0. The van der Waals surface area contributed by atoms with Gasteiger partial charge in [-0.1, -0.05) is 41.1 Å². The molecule has 1 aliphatic carbocycles. The van der Waals surface area contributed by atoms with Crippen LogP contribution in [0.25, 0.3) is 0 Å². The first-order chi connectivity index (χ1) is 7.18. The number of hydrogen-bond acceptors (Lipinski definition) is 1. The van der Waals surface area contributed by atoms with Crippen LogP contribution >= 0.6 is 15.9 Å². The molecule has 1 saturated carbocycles. The lowest BCUT2D eigenvalue weighted by molar-refractivity contribution is -0.122. The van der Waals surface area contributed by atoms with E-state index in [-0.39, 0.29) is 11.8 Å². The van der Waals surface area contributed by atoms with Crippen LogP contribution < -0.4 is 5.32 Å². The molecule has 2 rings (SSSR count). The lowest BCUT2D eigenvalue weighted by Gasteiger charge is -2.06. The van der Waals surface area contributed by atoms with Gasteiger partial charge in [0.2, 0.25) is 5.91 Å². The van der Waals surface area contributed by atoms with E-state index >= 15 is 0 Å². The molecule has 2 unspecified atom stereocenters. The molecule has 1 aliphatic rings. The lowest BCUT2D eigenvalue weighted by Crippen LogP contribution is -2.24. The number of carbonyl (C=O) groups is 1. The Kier molecular flexibility index (Phi) is 3.10. The molecule has 3 heteroatoms. The van der Waals surface area contributed by atoms with Gasteiger partial charge < -0.3 is 5.32 Å². The smallest absolute Gasteiger partial charge is 0.223 e.